The van der Waals surface area contributed by atoms with Crippen molar-refractivity contribution in [3.63, 3.8) is 0 Å². The van der Waals surface area contributed by atoms with Gasteiger partial charge in [0.15, 0.2) is 0 Å². The average Bonchev–Trinajstić information content (AvgIpc) is 2.68. The van der Waals surface area contributed by atoms with E-state index in [0.717, 1.165) is 22.6 Å². The van der Waals surface area contributed by atoms with Crippen LogP contribution in [0.5, 0.6) is 0 Å². The minimum atomic E-state index is -0.778. The Morgan fingerprint density at radius 3 is 0.917 bits per heavy atom. The second kappa shape index (κ2) is 38.7. The third kappa shape index (κ3) is 23.2. The van der Waals surface area contributed by atoms with Crippen molar-refractivity contribution in [1.29, 1.82) is 0 Å². The van der Waals surface area contributed by atoms with Gasteiger partial charge in [0, 0.05) is 61.8 Å². The summed E-state index contributed by atoms with van der Waals surface area (Å²) < 4.78 is 19.1. The molecule has 0 spiro atoms. The van der Waals surface area contributed by atoms with Crippen LogP contribution >= 0.6 is 0 Å². The maximum absolute atomic E-state index is 11.6. The van der Waals surface area contributed by atoms with E-state index in [2.05, 4.69) is 35.7 Å². The number of carbonyl (C=O) groups is 8. The number of amides is 7. The van der Waals surface area contributed by atoms with Crippen LogP contribution in [0.4, 0.5) is 19.2 Å². The minimum Gasteiger partial charge on any atom is -0.459 e. The van der Waals surface area contributed by atoms with E-state index < -0.39 is 36.2 Å². The van der Waals surface area contributed by atoms with Gasteiger partial charge in [-0.1, -0.05) is 59.8 Å². The number of nitrogens with one attached hydrogen (secondary N) is 3. The molecule has 9 aliphatic rings. The first-order chi connectivity index (χ1) is 40.1. The third-order valence-corrected chi connectivity index (χ3v) is 18.9. The standard InChI is InChI=1S/2C12H20N2O5.3C10H16.C7H14O.C6H11NO/c2*1-5-13-11(16)14(6-2)12(17)19-8-7-18-10(15)9(3)4;3*1-2-9-7-4-5-8(6-7)10(9)3-1;1-4-5-7(8)6(2)3;1-4-7-6(8)5(2)3/h2*3,5-8H2,1-2,4H3,(H,13,16);3*7-10H,1-6H2;6H,4-5H2,1-3H3;2,4H2,1,3H3,(H,7,8). The maximum Gasteiger partial charge on any atom is 0.418 e. The van der Waals surface area contributed by atoms with Crippen LogP contribution in [-0.2, 0) is 38.1 Å². The van der Waals surface area contributed by atoms with Crippen LogP contribution < -0.4 is 16.0 Å². The zero-order valence-electron chi connectivity index (χ0n) is 53.9. The number of likely N-dealkylation sites (N-methyl/N-ethyl adjacent to an activating group) is 1. The van der Waals surface area contributed by atoms with E-state index in [0.29, 0.717) is 31.0 Å². The zero-order chi connectivity index (χ0) is 62.5. The fourth-order valence-corrected chi connectivity index (χ4v) is 15.0. The molecule has 12 unspecified atom stereocenters. The summed E-state index contributed by atoms with van der Waals surface area (Å²) in [4.78, 5) is 91.2. The number of carbonyl (C=O) groups excluding carboxylic acids is 8. The van der Waals surface area contributed by atoms with Crippen LogP contribution in [0.2, 0.25) is 0 Å². The van der Waals surface area contributed by atoms with E-state index >= 15 is 0 Å². The molecule has 17 heteroatoms. The molecule has 17 nitrogen and oxygen atoms in total. The van der Waals surface area contributed by atoms with Crippen molar-refractivity contribution >= 4 is 47.9 Å². The summed E-state index contributed by atoms with van der Waals surface area (Å²) in [5.74, 6) is 13.8. The van der Waals surface area contributed by atoms with Crippen molar-refractivity contribution in [1.82, 2.24) is 25.8 Å². The Bertz CT molecular complexity index is 1950. The number of ether oxygens (including phenoxy) is 4. The predicted octanol–water partition coefficient (Wildman–Crippen LogP) is 13.8. The molecule has 0 aliphatic heterocycles. The molecular weight excluding hydrogens is 1070 g/mol. The molecule has 3 N–H and O–H groups in total. The fraction of sp³-hybridized carbons (Fsp3) is 0.791. The molecule has 478 valence electrons. The molecule has 9 rings (SSSR count). The van der Waals surface area contributed by atoms with Gasteiger partial charge in [0.1, 0.15) is 32.2 Å². The molecule has 0 radical (unpaired) electrons. The van der Waals surface area contributed by atoms with Gasteiger partial charge in [-0.25, -0.2) is 38.6 Å². The molecule has 7 amide bonds. The molecular formula is C67H113N5O12. The Labute approximate surface area is 506 Å². The monoisotopic (exact) mass is 1180 g/mol. The second-order valence-corrected chi connectivity index (χ2v) is 25.0. The van der Waals surface area contributed by atoms with Crippen LogP contribution in [0.1, 0.15) is 205 Å². The largest absolute Gasteiger partial charge is 0.459 e. The lowest BCUT2D eigenvalue weighted by molar-refractivity contribution is -0.140. The minimum absolute atomic E-state index is 0.0625. The summed E-state index contributed by atoms with van der Waals surface area (Å²) in [5, 5.41) is 7.59. The van der Waals surface area contributed by atoms with Crippen molar-refractivity contribution in [3.8, 4) is 0 Å². The number of hydrogen-bond acceptors (Lipinski definition) is 12. The summed E-state index contributed by atoms with van der Waals surface area (Å²) in [7, 11) is 0. The molecule has 9 fully saturated rings. The molecule has 0 aromatic rings. The quantitative estimate of drug-likeness (QED) is 0.0537. The van der Waals surface area contributed by atoms with Gasteiger partial charge in [-0.2, -0.15) is 0 Å². The van der Waals surface area contributed by atoms with Crippen LogP contribution in [-0.4, -0.2) is 117 Å². The van der Waals surface area contributed by atoms with Crippen molar-refractivity contribution < 1.29 is 57.3 Å². The molecule has 0 aromatic heterocycles. The van der Waals surface area contributed by atoms with Crippen molar-refractivity contribution in [2.75, 3.05) is 59.2 Å². The highest BCUT2D eigenvalue weighted by molar-refractivity contribution is 5.92. The normalized spacial score (nSPS) is 26.6. The molecule has 12 atom stereocenters. The summed E-state index contributed by atoms with van der Waals surface area (Å²) >= 11 is 0. The van der Waals surface area contributed by atoms with E-state index in [1.807, 2.05) is 27.7 Å². The van der Waals surface area contributed by atoms with Crippen molar-refractivity contribution in [3.05, 3.63) is 36.5 Å². The average molecular weight is 1180 g/mol. The van der Waals surface area contributed by atoms with Gasteiger partial charge in [0.25, 0.3) is 0 Å². The highest BCUT2D eigenvalue weighted by atomic mass is 16.6. The maximum atomic E-state index is 11.6. The molecule has 0 saturated heterocycles. The summed E-state index contributed by atoms with van der Waals surface area (Å²) in [6.45, 7) is 31.1. The second-order valence-electron chi connectivity index (χ2n) is 25.0. The molecule has 0 heterocycles. The summed E-state index contributed by atoms with van der Waals surface area (Å²) in [6.07, 6.45) is 28.8. The first kappa shape index (κ1) is 73.0. The van der Waals surface area contributed by atoms with E-state index in [9.17, 15) is 38.4 Å². The topological polar surface area (TPSA) is 216 Å². The number of urea groups is 2. The number of imide groups is 2. The number of esters is 2. The molecule has 0 aromatic carbocycles. The van der Waals surface area contributed by atoms with Crippen LogP contribution in [0.3, 0.4) is 0 Å². The number of ketones is 1. The molecule has 9 aliphatic carbocycles. The summed E-state index contributed by atoms with van der Waals surface area (Å²) in [6, 6.07) is -1.04. The van der Waals surface area contributed by atoms with Gasteiger partial charge in [0.2, 0.25) is 5.91 Å². The summed E-state index contributed by atoms with van der Waals surface area (Å²) in [5.41, 5.74) is 1.10. The van der Waals surface area contributed by atoms with E-state index in [1.165, 1.54) is 84.9 Å². The predicted molar refractivity (Wildman–Crippen MR) is 330 cm³/mol. The number of hydrogen-bond donors (Lipinski definition) is 3. The third-order valence-electron chi connectivity index (χ3n) is 18.9. The first-order valence-corrected chi connectivity index (χ1v) is 32.6. The lowest BCUT2D eigenvalue weighted by atomic mass is 9.82. The van der Waals surface area contributed by atoms with E-state index in [-0.39, 0.29) is 62.5 Å². The number of fused-ring (bicyclic) bond motifs is 15. The van der Waals surface area contributed by atoms with E-state index in [1.54, 1.807) is 150 Å². The SMILES string of the molecule is C1CC2C3CCC(C3)C2C1.C1CC2C3CCC(C3)C2C1.C1CC2C3CCC(C3)C2C1.C=C(C)C(=O)NCC.C=C(C)C(=O)OCCOC(=O)N(CC)C(=O)NCC.C=C(C)C(=O)OCCOC(=O)N(CC)C(=O)NCC.CCCC(=O)C(C)C. The Kier molecular flexibility index (Phi) is 33.7. The Morgan fingerprint density at radius 2 is 0.714 bits per heavy atom. The molecule has 9 saturated carbocycles. The smallest absolute Gasteiger partial charge is 0.418 e. The van der Waals surface area contributed by atoms with Crippen LogP contribution in [0, 0.1) is 76.9 Å². The van der Waals surface area contributed by atoms with Gasteiger partial charge in [0.05, 0.1) is 0 Å². The van der Waals surface area contributed by atoms with Crippen molar-refractivity contribution in [2.45, 2.75) is 205 Å². The first-order valence-electron chi connectivity index (χ1n) is 32.6. The Hall–Kier alpha value is -5.22. The lowest BCUT2D eigenvalue weighted by Gasteiger charge is -2.23. The van der Waals surface area contributed by atoms with Gasteiger partial charge >= 0.3 is 36.2 Å². The van der Waals surface area contributed by atoms with Gasteiger partial charge in [-0.05, 0) is 229 Å². The van der Waals surface area contributed by atoms with Crippen molar-refractivity contribution in [2.24, 2.45) is 76.9 Å². The number of rotatable bonds is 17. The number of Topliss-reactive ketones (excluding diaryl/α,β-unsaturated/α-hetero) is 1. The van der Waals surface area contributed by atoms with Crippen LogP contribution in [0.15, 0.2) is 36.5 Å². The zero-order valence-corrected chi connectivity index (χ0v) is 53.9. The fourth-order valence-electron chi connectivity index (χ4n) is 15.0. The van der Waals surface area contributed by atoms with Gasteiger partial charge in [-0.15, -0.1) is 0 Å². The molecule has 6 bridgehead atoms. The highest BCUT2D eigenvalue weighted by Gasteiger charge is 2.51. The Morgan fingerprint density at radius 1 is 0.429 bits per heavy atom. The van der Waals surface area contributed by atoms with Gasteiger partial charge < -0.3 is 34.9 Å². The van der Waals surface area contributed by atoms with Gasteiger partial charge in [-0.3, -0.25) is 9.59 Å². The molecule has 84 heavy (non-hydrogen) atoms. The number of nitrogens with zero attached hydrogens (tertiary/aromatic N) is 2. The van der Waals surface area contributed by atoms with Crippen LogP contribution in [0.25, 0.3) is 0 Å². The van der Waals surface area contributed by atoms with E-state index in [4.69, 9.17) is 18.9 Å². The Balaban J connectivity index is 0.000000263. The highest BCUT2D eigenvalue weighted by Crippen LogP contribution is 2.60. The lowest BCUT2D eigenvalue weighted by Crippen LogP contribution is -2.44.